The molecule has 0 radical (unpaired) electrons. The zero-order chi connectivity index (χ0) is 11.5. The van der Waals surface area contributed by atoms with Gasteiger partial charge < -0.3 is 15.0 Å². The van der Waals surface area contributed by atoms with E-state index in [1.54, 1.807) is 6.20 Å². The standard InChI is InChI=1S/C12H16N4O.ClH/c1-2-10-11(14-5-1)16-12(15-10)17-8-9-3-6-13-7-4-9;/h1-2,5,9,13H,3-4,6-8H2,(H,14,15,16);1H. The van der Waals surface area contributed by atoms with E-state index < -0.39 is 0 Å². The van der Waals surface area contributed by atoms with Crippen LogP contribution in [0, 0.1) is 5.92 Å². The summed E-state index contributed by atoms with van der Waals surface area (Å²) in [4.78, 5) is 11.6. The minimum absolute atomic E-state index is 0. The summed E-state index contributed by atoms with van der Waals surface area (Å²) in [6.45, 7) is 2.92. The highest BCUT2D eigenvalue weighted by atomic mass is 35.5. The zero-order valence-corrected chi connectivity index (χ0v) is 10.9. The maximum Gasteiger partial charge on any atom is 0.296 e. The van der Waals surface area contributed by atoms with Crippen molar-refractivity contribution in [2.24, 2.45) is 5.92 Å². The number of hydrogen-bond donors (Lipinski definition) is 2. The summed E-state index contributed by atoms with van der Waals surface area (Å²) in [6, 6.07) is 4.42. The van der Waals surface area contributed by atoms with E-state index >= 15 is 0 Å². The van der Waals surface area contributed by atoms with Crippen LogP contribution < -0.4 is 10.1 Å². The SMILES string of the molecule is Cl.c1cnc2nc(OCC3CCNCC3)[nH]c2c1. The fourth-order valence-electron chi connectivity index (χ4n) is 2.14. The number of rotatable bonds is 3. The number of nitrogens with zero attached hydrogens (tertiary/aromatic N) is 2. The van der Waals surface area contributed by atoms with Gasteiger partial charge in [0.1, 0.15) is 0 Å². The lowest BCUT2D eigenvalue weighted by Crippen LogP contribution is -2.30. The maximum absolute atomic E-state index is 5.70. The number of aromatic nitrogens is 3. The Balaban J connectivity index is 0.00000120. The molecule has 6 heteroatoms. The van der Waals surface area contributed by atoms with Crippen LogP contribution in [0.15, 0.2) is 18.3 Å². The van der Waals surface area contributed by atoms with Crippen LogP contribution in [0.5, 0.6) is 6.01 Å². The highest BCUT2D eigenvalue weighted by Gasteiger charge is 2.14. The van der Waals surface area contributed by atoms with E-state index in [9.17, 15) is 0 Å². The Hall–Kier alpha value is -1.33. The summed E-state index contributed by atoms with van der Waals surface area (Å²) in [7, 11) is 0. The van der Waals surface area contributed by atoms with Crippen molar-refractivity contribution < 1.29 is 4.74 Å². The molecule has 0 unspecified atom stereocenters. The average molecular weight is 269 g/mol. The highest BCUT2D eigenvalue weighted by Crippen LogP contribution is 2.16. The molecule has 1 aliphatic rings. The number of nitrogens with one attached hydrogen (secondary N) is 2. The number of fused-ring (bicyclic) bond motifs is 1. The van der Waals surface area contributed by atoms with Gasteiger partial charge in [0.2, 0.25) is 0 Å². The molecule has 98 valence electrons. The van der Waals surface area contributed by atoms with Crippen LogP contribution in [-0.4, -0.2) is 34.6 Å². The van der Waals surface area contributed by atoms with Crippen LogP contribution in [0.4, 0.5) is 0 Å². The van der Waals surface area contributed by atoms with Crippen LogP contribution in [0.1, 0.15) is 12.8 Å². The molecule has 3 rings (SSSR count). The van der Waals surface area contributed by atoms with Crippen molar-refractivity contribution >= 4 is 23.6 Å². The van der Waals surface area contributed by atoms with Gasteiger partial charge in [-0.05, 0) is 44.0 Å². The van der Waals surface area contributed by atoms with Gasteiger partial charge in [0.05, 0.1) is 12.1 Å². The quantitative estimate of drug-likeness (QED) is 0.890. The molecule has 0 atom stereocenters. The van der Waals surface area contributed by atoms with Crippen molar-refractivity contribution in [3.8, 4) is 6.01 Å². The fourth-order valence-corrected chi connectivity index (χ4v) is 2.14. The van der Waals surface area contributed by atoms with E-state index in [0.717, 1.165) is 25.2 Å². The van der Waals surface area contributed by atoms with Crippen molar-refractivity contribution in [1.82, 2.24) is 20.3 Å². The predicted octanol–water partition coefficient (Wildman–Crippen LogP) is 1.76. The molecule has 5 nitrogen and oxygen atoms in total. The molecular formula is C12H17ClN4O. The van der Waals surface area contributed by atoms with Crippen molar-refractivity contribution in [2.45, 2.75) is 12.8 Å². The molecule has 2 aromatic rings. The molecule has 2 aromatic heterocycles. The molecule has 1 aliphatic heterocycles. The Bertz CT molecular complexity index is 463. The molecule has 2 N–H and O–H groups in total. The second-order valence-electron chi connectivity index (χ2n) is 4.42. The number of aromatic amines is 1. The smallest absolute Gasteiger partial charge is 0.296 e. The van der Waals surface area contributed by atoms with E-state index in [4.69, 9.17) is 4.74 Å². The summed E-state index contributed by atoms with van der Waals surface area (Å²) < 4.78 is 5.70. The topological polar surface area (TPSA) is 62.8 Å². The van der Waals surface area contributed by atoms with E-state index in [0.29, 0.717) is 17.6 Å². The van der Waals surface area contributed by atoms with E-state index in [-0.39, 0.29) is 12.4 Å². The Morgan fingerprint density at radius 1 is 1.33 bits per heavy atom. The predicted molar refractivity (Wildman–Crippen MR) is 72.2 cm³/mol. The van der Waals surface area contributed by atoms with Crippen LogP contribution in [-0.2, 0) is 0 Å². The minimum Gasteiger partial charge on any atom is -0.464 e. The number of H-pyrrole nitrogens is 1. The molecular weight excluding hydrogens is 252 g/mol. The highest BCUT2D eigenvalue weighted by molar-refractivity contribution is 5.85. The van der Waals surface area contributed by atoms with Gasteiger partial charge in [-0.15, -0.1) is 12.4 Å². The second-order valence-corrected chi connectivity index (χ2v) is 4.42. The van der Waals surface area contributed by atoms with Gasteiger partial charge in [-0.1, -0.05) is 0 Å². The second kappa shape index (κ2) is 6.02. The first-order valence-corrected chi connectivity index (χ1v) is 6.06. The van der Waals surface area contributed by atoms with Crippen molar-refractivity contribution in [2.75, 3.05) is 19.7 Å². The average Bonchev–Trinajstić information content (AvgIpc) is 2.80. The molecule has 1 saturated heterocycles. The third-order valence-corrected chi connectivity index (χ3v) is 3.15. The first-order valence-electron chi connectivity index (χ1n) is 6.06. The molecule has 0 amide bonds. The normalized spacial score (nSPS) is 16.4. The molecule has 18 heavy (non-hydrogen) atoms. The summed E-state index contributed by atoms with van der Waals surface area (Å²) in [5.41, 5.74) is 1.64. The Kier molecular flexibility index (Phi) is 4.38. The van der Waals surface area contributed by atoms with Gasteiger partial charge in [-0.2, -0.15) is 4.98 Å². The Morgan fingerprint density at radius 2 is 2.17 bits per heavy atom. The molecule has 0 aromatic carbocycles. The molecule has 3 heterocycles. The van der Waals surface area contributed by atoms with Gasteiger partial charge in [-0.25, -0.2) is 4.98 Å². The number of halogens is 1. The summed E-state index contributed by atoms with van der Waals surface area (Å²) in [5.74, 6) is 0.637. The van der Waals surface area contributed by atoms with E-state index in [1.807, 2.05) is 12.1 Å². The van der Waals surface area contributed by atoms with E-state index in [2.05, 4.69) is 20.3 Å². The fraction of sp³-hybridized carbons (Fsp3) is 0.500. The molecule has 1 fully saturated rings. The monoisotopic (exact) mass is 268 g/mol. The maximum atomic E-state index is 5.70. The van der Waals surface area contributed by atoms with Gasteiger partial charge in [0, 0.05) is 6.20 Å². The van der Waals surface area contributed by atoms with Crippen LogP contribution in [0.3, 0.4) is 0 Å². The van der Waals surface area contributed by atoms with Gasteiger partial charge in [-0.3, -0.25) is 0 Å². The zero-order valence-electron chi connectivity index (χ0n) is 10.1. The number of pyridine rings is 1. The third-order valence-electron chi connectivity index (χ3n) is 3.15. The van der Waals surface area contributed by atoms with Gasteiger partial charge in [0.25, 0.3) is 6.01 Å². The van der Waals surface area contributed by atoms with Crippen molar-refractivity contribution in [3.05, 3.63) is 18.3 Å². The number of hydrogen-bond acceptors (Lipinski definition) is 4. The first kappa shape index (κ1) is 13.1. The van der Waals surface area contributed by atoms with Crippen LogP contribution in [0.25, 0.3) is 11.2 Å². The molecule has 0 saturated carbocycles. The number of ether oxygens (including phenoxy) is 1. The lowest BCUT2D eigenvalue weighted by Gasteiger charge is -2.21. The van der Waals surface area contributed by atoms with Gasteiger partial charge >= 0.3 is 0 Å². The lowest BCUT2D eigenvalue weighted by molar-refractivity contribution is 0.204. The molecule has 0 spiro atoms. The summed E-state index contributed by atoms with van der Waals surface area (Å²) in [5, 5.41) is 3.35. The summed E-state index contributed by atoms with van der Waals surface area (Å²) >= 11 is 0. The molecule has 0 aliphatic carbocycles. The Labute approximate surface area is 112 Å². The van der Waals surface area contributed by atoms with Gasteiger partial charge in [0.15, 0.2) is 5.65 Å². The van der Waals surface area contributed by atoms with Crippen LogP contribution in [0.2, 0.25) is 0 Å². The lowest BCUT2D eigenvalue weighted by atomic mass is 9.99. The minimum atomic E-state index is 0. The first-order chi connectivity index (χ1) is 8.42. The van der Waals surface area contributed by atoms with Crippen molar-refractivity contribution in [3.63, 3.8) is 0 Å². The number of piperidine rings is 1. The summed E-state index contributed by atoms with van der Waals surface area (Å²) in [6.07, 6.45) is 4.09. The molecule has 0 bridgehead atoms. The van der Waals surface area contributed by atoms with Crippen LogP contribution >= 0.6 is 12.4 Å². The largest absolute Gasteiger partial charge is 0.464 e. The van der Waals surface area contributed by atoms with E-state index in [1.165, 1.54) is 12.8 Å². The van der Waals surface area contributed by atoms with Crippen molar-refractivity contribution in [1.29, 1.82) is 0 Å². The Morgan fingerprint density at radius 3 is 2.94 bits per heavy atom. The third kappa shape index (κ3) is 2.91. The number of imidazole rings is 1.